The summed E-state index contributed by atoms with van der Waals surface area (Å²) < 4.78 is 1.83. The van der Waals surface area contributed by atoms with Crippen LogP contribution in [-0.4, -0.2) is 40.2 Å². The Morgan fingerprint density at radius 2 is 2.35 bits per heavy atom. The molecule has 6 heteroatoms. The molecule has 0 radical (unpaired) electrons. The van der Waals surface area contributed by atoms with Crippen molar-refractivity contribution in [1.82, 2.24) is 9.78 Å². The SMILES string of the molecule is Cc1nn(C)c(N(C)C2CCSC2)c1C(=N)N. The average molecular weight is 253 g/mol. The molecule has 1 aliphatic rings. The molecule has 0 aromatic carbocycles. The quantitative estimate of drug-likeness (QED) is 0.621. The summed E-state index contributed by atoms with van der Waals surface area (Å²) in [5, 5.41) is 12.1. The first-order valence-corrected chi connectivity index (χ1v) is 6.86. The first kappa shape index (κ1) is 12.3. The number of aryl methyl sites for hydroxylation is 2. The van der Waals surface area contributed by atoms with Crippen LogP contribution in [0.25, 0.3) is 0 Å². The molecule has 0 spiro atoms. The number of amidine groups is 1. The molecule has 2 heterocycles. The number of hydrogen-bond donors (Lipinski definition) is 2. The number of anilines is 1. The Kier molecular flexibility index (Phi) is 3.33. The van der Waals surface area contributed by atoms with Gasteiger partial charge in [-0.1, -0.05) is 0 Å². The van der Waals surface area contributed by atoms with Crippen molar-refractivity contribution in [3.8, 4) is 0 Å². The molecule has 0 aliphatic carbocycles. The number of nitrogen functional groups attached to an aromatic ring is 1. The summed E-state index contributed by atoms with van der Waals surface area (Å²) in [7, 11) is 3.98. The second-order valence-electron chi connectivity index (χ2n) is 4.45. The molecule has 2 rings (SSSR count). The van der Waals surface area contributed by atoms with Gasteiger partial charge in [-0.15, -0.1) is 0 Å². The fourth-order valence-corrected chi connectivity index (χ4v) is 3.63. The minimum atomic E-state index is 0.100. The second kappa shape index (κ2) is 4.60. The lowest BCUT2D eigenvalue weighted by atomic mass is 10.1. The zero-order chi connectivity index (χ0) is 12.6. The lowest BCUT2D eigenvalue weighted by Gasteiger charge is -2.26. The van der Waals surface area contributed by atoms with E-state index in [1.54, 1.807) is 0 Å². The van der Waals surface area contributed by atoms with Gasteiger partial charge in [0.2, 0.25) is 0 Å². The lowest BCUT2D eigenvalue weighted by Crippen LogP contribution is -2.34. The zero-order valence-electron chi connectivity index (χ0n) is 10.5. The van der Waals surface area contributed by atoms with Crippen LogP contribution >= 0.6 is 11.8 Å². The molecule has 3 N–H and O–H groups in total. The Morgan fingerprint density at radius 1 is 1.65 bits per heavy atom. The number of rotatable bonds is 3. The highest BCUT2D eigenvalue weighted by Gasteiger charge is 2.26. The molecule has 17 heavy (non-hydrogen) atoms. The van der Waals surface area contributed by atoms with Gasteiger partial charge in [-0.3, -0.25) is 10.1 Å². The van der Waals surface area contributed by atoms with Crippen LogP contribution in [0.1, 0.15) is 17.7 Å². The zero-order valence-corrected chi connectivity index (χ0v) is 11.3. The summed E-state index contributed by atoms with van der Waals surface area (Å²) in [6.07, 6.45) is 1.18. The number of aromatic nitrogens is 2. The average Bonchev–Trinajstić information content (AvgIpc) is 2.84. The molecular formula is C11H19N5S. The number of nitrogens with one attached hydrogen (secondary N) is 1. The van der Waals surface area contributed by atoms with Gasteiger partial charge in [0.15, 0.2) is 0 Å². The molecule has 1 atom stereocenters. The summed E-state index contributed by atoms with van der Waals surface area (Å²) in [6.45, 7) is 1.90. The van der Waals surface area contributed by atoms with Crippen molar-refractivity contribution < 1.29 is 0 Å². The van der Waals surface area contributed by atoms with Crippen LogP contribution in [0, 0.1) is 12.3 Å². The minimum absolute atomic E-state index is 0.100. The van der Waals surface area contributed by atoms with E-state index in [0.717, 1.165) is 22.8 Å². The Labute approximate surface area is 106 Å². The van der Waals surface area contributed by atoms with Crippen molar-refractivity contribution in [1.29, 1.82) is 5.41 Å². The largest absolute Gasteiger partial charge is 0.384 e. The van der Waals surface area contributed by atoms with Gasteiger partial charge in [0.1, 0.15) is 11.7 Å². The Balaban J connectivity index is 2.39. The molecule has 0 saturated carbocycles. The first-order valence-electron chi connectivity index (χ1n) is 5.71. The van der Waals surface area contributed by atoms with E-state index in [2.05, 4.69) is 17.0 Å². The third-order valence-electron chi connectivity index (χ3n) is 3.25. The van der Waals surface area contributed by atoms with Gasteiger partial charge in [0.05, 0.1) is 11.3 Å². The fourth-order valence-electron chi connectivity index (χ4n) is 2.37. The van der Waals surface area contributed by atoms with Gasteiger partial charge in [-0.25, -0.2) is 0 Å². The summed E-state index contributed by atoms with van der Waals surface area (Å²) in [4.78, 5) is 2.22. The van der Waals surface area contributed by atoms with E-state index in [9.17, 15) is 0 Å². The van der Waals surface area contributed by atoms with Gasteiger partial charge >= 0.3 is 0 Å². The van der Waals surface area contributed by atoms with Crippen LogP contribution in [0.15, 0.2) is 0 Å². The van der Waals surface area contributed by atoms with Gasteiger partial charge in [0, 0.05) is 25.9 Å². The van der Waals surface area contributed by atoms with Crippen LogP contribution in [0.4, 0.5) is 5.82 Å². The van der Waals surface area contributed by atoms with Crippen LogP contribution in [-0.2, 0) is 7.05 Å². The van der Waals surface area contributed by atoms with Crippen molar-refractivity contribution in [3.05, 3.63) is 11.3 Å². The van der Waals surface area contributed by atoms with Gasteiger partial charge in [-0.05, 0) is 19.1 Å². The highest BCUT2D eigenvalue weighted by Crippen LogP contribution is 2.29. The fraction of sp³-hybridized carbons (Fsp3) is 0.636. The maximum atomic E-state index is 7.69. The summed E-state index contributed by atoms with van der Waals surface area (Å²) >= 11 is 1.98. The van der Waals surface area contributed by atoms with E-state index in [4.69, 9.17) is 11.1 Å². The molecule has 1 aromatic rings. The summed E-state index contributed by atoms with van der Waals surface area (Å²) in [5.41, 5.74) is 7.26. The van der Waals surface area contributed by atoms with Crippen molar-refractivity contribution in [2.24, 2.45) is 12.8 Å². The molecule has 5 nitrogen and oxygen atoms in total. The van der Waals surface area contributed by atoms with Crippen molar-refractivity contribution in [3.63, 3.8) is 0 Å². The Hall–Kier alpha value is -1.17. The highest BCUT2D eigenvalue weighted by molar-refractivity contribution is 7.99. The van der Waals surface area contributed by atoms with Crippen molar-refractivity contribution in [2.45, 2.75) is 19.4 Å². The van der Waals surface area contributed by atoms with Crippen LogP contribution in [0.2, 0.25) is 0 Å². The summed E-state index contributed by atoms with van der Waals surface area (Å²) in [6, 6.07) is 0.521. The van der Waals surface area contributed by atoms with Crippen LogP contribution < -0.4 is 10.6 Å². The monoisotopic (exact) mass is 253 g/mol. The Morgan fingerprint density at radius 3 is 2.88 bits per heavy atom. The number of nitrogens with zero attached hydrogens (tertiary/aromatic N) is 3. The van der Waals surface area contributed by atoms with Gasteiger partial charge in [-0.2, -0.15) is 16.9 Å². The molecule has 1 unspecified atom stereocenters. The lowest BCUT2D eigenvalue weighted by molar-refractivity contribution is 0.653. The van der Waals surface area contributed by atoms with Gasteiger partial charge in [0.25, 0.3) is 0 Å². The van der Waals surface area contributed by atoms with Crippen molar-refractivity contribution in [2.75, 3.05) is 23.5 Å². The molecule has 0 amide bonds. The molecule has 1 aromatic heterocycles. The Bertz CT molecular complexity index is 433. The number of hydrogen-bond acceptors (Lipinski definition) is 4. The highest BCUT2D eigenvalue weighted by atomic mass is 32.2. The molecule has 1 fully saturated rings. The van der Waals surface area contributed by atoms with Crippen LogP contribution in [0.5, 0.6) is 0 Å². The molecular weight excluding hydrogens is 234 g/mol. The van der Waals surface area contributed by atoms with Crippen LogP contribution in [0.3, 0.4) is 0 Å². The topological polar surface area (TPSA) is 70.9 Å². The predicted molar refractivity (Wildman–Crippen MR) is 73.1 cm³/mol. The van der Waals surface area contributed by atoms with E-state index >= 15 is 0 Å². The normalized spacial score (nSPS) is 19.6. The third kappa shape index (κ3) is 2.13. The van der Waals surface area contributed by atoms with Crippen molar-refractivity contribution >= 4 is 23.4 Å². The standard InChI is InChI=1S/C11H19N5S/c1-7-9(10(12)13)11(16(3)14-7)15(2)8-4-5-17-6-8/h8H,4-6H2,1-3H3,(H3,12,13). The van der Waals surface area contributed by atoms with Gasteiger partial charge < -0.3 is 10.6 Å². The predicted octanol–water partition coefficient (Wildman–Crippen LogP) is 0.954. The molecule has 0 bridgehead atoms. The minimum Gasteiger partial charge on any atom is -0.384 e. The third-order valence-corrected chi connectivity index (χ3v) is 4.39. The van der Waals surface area contributed by atoms with E-state index < -0.39 is 0 Å². The molecule has 1 saturated heterocycles. The maximum absolute atomic E-state index is 7.69. The second-order valence-corrected chi connectivity index (χ2v) is 5.60. The smallest absolute Gasteiger partial charge is 0.137 e. The first-order chi connectivity index (χ1) is 8.02. The van der Waals surface area contributed by atoms with E-state index in [1.165, 1.54) is 12.2 Å². The van der Waals surface area contributed by atoms with E-state index in [1.807, 2.05) is 30.4 Å². The molecule has 1 aliphatic heterocycles. The molecule has 94 valence electrons. The summed E-state index contributed by atoms with van der Waals surface area (Å²) in [5.74, 6) is 3.41. The van der Waals surface area contributed by atoms with E-state index in [0.29, 0.717) is 6.04 Å². The maximum Gasteiger partial charge on any atom is 0.137 e. The number of nitrogens with two attached hydrogens (primary N) is 1. The van der Waals surface area contributed by atoms with E-state index in [-0.39, 0.29) is 5.84 Å². The number of thioether (sulfide) groups is 1.